The van der Waals surface area contributed by atoms with E-state index in [2.05, 4.69) is 0 Å². The summed E-state index contributed by atoms with van der Waals surface area (Å²) in [6, 6.07) is 30.4. The molecule has 0 heterocycles. The van der Waals surface area contributed by atoms with Gasteiger partial charge in [0, 0.05) is 5.39 Å². The summed E-state index contributed by atoms with van der Waals surface area (Å²) in [5.74, 6) is 0.580. The fourth-order valence-electron chi connectivity index (χ4n) is 2.90. The first-order valence-corrected chi connectivity index (χ1v) is 8.77. The molecule has 27 heavy (non-hydrogen) atoms. The molecule has 0 unspecified atom stereocenters. The highest BCUT2D eigenvalue weighted by Crippen LogP contribution is 2.36. The van der Waals surface area contributed by atoms with Crippen LogP contribution in [-0.2, 0) is 6.61 Å². The quantitative estimate of drug-likeness (QED) is 0.344. The molecule has 3 heteroatoms. The molecular formula is C24H18O3. The van der Waals surface area contributed by atoms with Crippen LogP contribution in [0.15, 0.2) is 97.1 Å². The van der Waals surface area contributed by atoms with Crippen LogP contribution < -0.4 is 9.47 Å². The van der Waals surface area contributed by atoms with E-state index in [9.17, 15) is 4.79 Å². The minimum Gasteiger partial charge on any atom is -0.485 e. The third-order valence-electron chi connectivity index (χ3n) is 4.28. The Morgan fingerprint density at radius 3 is 2.15 bits per heavy atom. The van der Waals surface area contributed by atoms with Gasteiger partial charge in [-0.15, -0.1) is 0 Å². The lowest BCUT2D eigenvalue weighted by Gasteiger charge is -2.14. The van der Waals surface area contributed by atoms with Crippen LogP contribution >= 0.6 is 0 Å². The zero-order valence-corrected chi connectivity index (χ0v) is 14.7. The number of esters is 1. The Balaban J connectivity index is 1.68. The number of hydrogen-bond donors (Lipinski definition) is 0. The number of fused-ring (bicyclic) bond motifs is 1. The molecule has 0 atom stereocenters. The van der Waals surface area contributed by atoms with Crippen molar-refractivity contribution in [2.75, 3.05) is 0 Å². The van der Waals surface area contributed by atoms with Gasteiger partial charge in [0.25, 0.3) is 0 Å². The van der Waals surface area contributed by atoms with Gasteiger partial charge in [-0.2, -0.15) is 0 Å². The Bertz CT molecular complexity index is 1060. The third kappa shape index (κ3) is 3.82. The zero-order chi connectivity index (χ0) is 18.5. The summed E-state index contributed by atoms with van der Waals surface area (Å²) in [7, 11) is 0. The maximum atomic E-state index is 12.6. The SMILES string of the molecule is O=C(Oc1c(OCc2ccccc2)ccc2ccccc12)c1ccccc1. The molecule has 0 aromatic heterocycles. The Hall–Kier alpha value is -3.59. The monoisotopic (exact) mass is 354 g/mol. The van der Waals surface area contributed by atoms with E-state index in [0.29, 0.717) is 23.7 Å². The number of hydrogen-bond acceptors (Lipinski definition) is 3. The standard InChI is InChI=1S/C24H18O3/c25-24(20-12-5-2-6-13-20)27-23-21-14-8-7-11-19(21)15-16-22(23)26-17-18-9-3-1-4-10-18/h1-16H,17H2. The van der Waals surface area contributed by atoms with Gasteiger partial charge in [0.15, 0.2) is 11.5 Å². The molecule has 0 bridgehead atoms. The van der Waals surface area contributed by atoms with Crippen LogP contribution in [0.4, 0.5) is 0 Å². The molecule has 4 aromatic rings. The average Bonchev–Trinajstić information content (AvgIpc) is 2.74. The van der Waals surface area contributed by atoms with Crippen LogP contribution in [0.3, 0.4) is 0 Å². The van der Waals surface area contributed by atoms with Gasteiger partial charge in [-0.05, 0) is 29.1 Å². The summed E-state index contributed by atoms with van der Waals surface area (Å²) in [5, 5.41) is 1.83. The topological polar surface area (TPSA) is 35.5 Å². The predicted molar refractivity (Wildman–Crippen MR) is 106 cm³/mol. The second-order valence-corrected chi connectivity index (χ2v) is 6.14. The number of rotatable bonds is 5. The highest BCUT2D eigenvalue weighted by atomic mass is 16.6. The van der Waals surface area contributed by atoms with Gasteiger partial charge in [-0.1, -0.05) is 78.9 Å². The van der Waals surface area contributed by atoms with Gasteiger partial charge in [0.1, 0.15) is 6.61 Å². The maximum Gasteiger partial charge on any atom is 0.343 e. The Labute approximate surface area is 157 Å². The van der Waals surface area contributed by atoms with Crippen LogP contribution in [0.5, 0.6) is 11.5 Å². The van der Waals surface area contributed by atoms with E-state index < -0.39 is 5.97 Å². The van der Waals surface area contributed by atoms with Crippen molar-refractivity contribution in [1.29, 1.82) is 0 Å². The highest BCUT2D eigenvalue weighted by Gasteiger charge is 2.16. The van der Waals surface area contributed by atoms with E-state index in [1.54, 1.807) is 12.1 Å². The second-order valence-electron chi connectivity index (χ2n) is 6.14. The van der Waals surface area contributed by atoms with Crippen molar-refractivity contribution in [2.45, 2.75) is 6.61 Å². The summed E-state index contributed by atoms with van der Waals surface area (Å²) in [6.45, 7) is 0.398. The second kappa shape index (κ2) is 7.75. The van der Waals surface area contributed by atoms with Gasteiger partial charge < -0.3 is 9.47 Å². The normalized spacial score (nSPS) is 10.5. The molecule has 0 aliphatic heterocycles. The molecule has 0 saturated carbocycles. The van der Waals surface area contributed by atoms with Crippen LogP contribution in [-0.4, -0.2) is 5.97 Å². The van der Waals surface area contributed by atoms with E-state index in [0.717, 1.165) is 16.3 Å². The van der Waals surface area contributed by atoms with Crippen LogP contribution in [0, 0.1) is 0 Å². The molecule has 0 aliphatic carbocycles. The lowest BCUT2D eigenvalue weighted by molar-refractivity contribution is 0.0730. The van der Waals surface area contributed by atoms with Crippen LogP contribution in [0.2, 0.25) is 0 Å². The maximum absolute atomic E-state index is 12.6. The predicted octanol–water partition coefficient (Wildman–Crippen LogP) is 5.64. The molecule has 0 amide bonds. The smallest absolute Gasteiger partial charge is 0.343 e. The van der Waals surface area contributed by atoms with Crippen molar-refractivity contribution in [2.24, 2.45) is 0 Å². The van der Waals surface area contributed by atoms with E-state index >= 15 is 0 Å². The van der Waals surface area contributed by atoms with E-state index in [-0.39, 0.29) is 0 Å². The van der Waals surface area contributed by atoms with Crippen molar-refractivity contribution < 1.29 is 14.3 Å². The van der Waals surface area contributed by atoms with E-state index in [1.165, 1.54) is 0 Å². The highest BCUT2D eigenvalue weighted by molar-refractivity contribution is 5.97. The minimum absolute atomic E-state index is 0.398. The first kappa shape index (κ1) is 16.9. The minimum atomic E-state index is -0.406. The van der Waals surface area contributed by atoms with Crippen molar-refractivity contribution >= 4 is 16.7 Å². The van der Waals surface area contributed by atoms with Crippen molar-refractivity contribution in [3.05, 3.63) is 108 Å². The van der Waals surface area contributed by atoms with Crippen LogP contribution in [0.25, 0.3) is 10.8 Å². The first-order valence-electron chi connectivity index (χ1n) is 8.77. The summed E-state index contributed by atoms with van der Waals surface area (Å²) in [6.07, 6.45) is 0. The number of ether oxygens (including phenoxy) is 2. The molecule has 0 aliphatic rings. The molecule has 0 fully saturated rings. The van der Waals surface area contributed by atoms with Gasteiger partial charge >= 0.3 is 5.97 Å². The number of carbonyl (C=O) groups excluding carboxylic acids is 1. The Morgan fingerprint density at radius 1 is 0.704 bits per heavy atom. The molecule has 4 rings (SSSR count). The summed E-state index contributed by atoms with van der Waals surface area (Å²) < 4.78 is 11.8. The van der Waals surface area contributed by atoms with Gasteiger partial charge in [0.05, 0.1) is 5.56 Å². The Morgan fingerprint density at radius 2 is 1.37 bits per heavy atom. The molecule has 0 spiro atoms. The Kier molecular flexibility index (Phi) is 4.84. The lowest BCUT2D eigenvalue weighted by atomic mass is 10.1. The molecular weight excluding hydrogens is 336 g/mol. The fourth-order valence-corrected chi connectivity index (χ4v) is 2.90. The summed E-state index contributed by atoms with van der Waals surface area (Å²) in [4.78, 5) is 12.6. The van der Waals surface area contributed by atoms with Crippen molar-refractivity contribution in [3.8, 4) is 11.5 Å². The summed E-state index contributed by atoms with van der Waals surface area (Å²) in [5.41, 5.74) is 1.55. The third-order valence-corrected chi connectivity index (χ3v) is 4.28. The van der Waals surface area contributed by atoms with Gasteiger partial charge in [-0.25, -0.2) is 4.79 Å². The lowest BCUT2D eigenvalue weighted by Crippen LogP contribution is -2.10. The number of benzene rings is 4. The average molecular weight is 354 g/mol. The molecule has 0 saturated heterocycles. The largest absolute Gasteiger partial charge is 0.485 e. The van der Waals surface area contributed by atoms with Crippen molar-refractivity contribution in [1.82, 2.24) is 0 Å². The molecule has 4 aromatic carbocycles. The van der Waals surface area contributed by atoms with E-state index in [1.807, 2.05) is 84.9 Å². The fraction of sp³-hybridized carbons (Fsp3) is 0.0417. The van der Waals surface area contributed by atoms with Crippen molar-refractivity contribution in [3.63, 3.8) is 0 Å². The van der Waals surface area contributed by atoms with Gasteiger partial charge in [0.2, 0.25) is 0 Å². The summed E-state index contributed by atoms with van der Waals surface area (Å²) >= 11 is 0. The molecule has 132 valence electrons. The zero-order valence-electron chi connectivity index (χ0n) is 14.7. The van der Waals surface area contributed by atoms with E-state index in [4.69, 9.17) is 9.47 Å². The molecule has 3 nitrogen and oxygen atoms in total. The van der Waals surface area contributed by atoms with Crippen LogP contribution in [0.1, 0.15) is 15.9 Å². The molecule has 0 radical (unpaired) electrons. The number of carbonyl (C=O) groups is 1. The molecule has 0 N–H and O–H groups in total. The first-order chi connectivity index (χ1) is 13.3. The van der Waals surface area contributed by atoms with Gasteiger partial charge in [-0.3, -0.25) is 0 Å².